The van der Waals surface area contributed by atoms with Gasteiger partial charge in [-0.15, -0.1) is 0 Å². The lowest BCUT2D eigenvalue weighted by Gasteiger charge is -2.06. The molecule has 1 aliphatic heterocycles. The molecule has 0 aromatic carbocycles. The first-order chi connectivity index (χ1) is 5.11. The van der Waals surface area contributed by atoms with Crippen molar-refractivity contribution in [3.63, 3.8) is 0 Å². The molecule has 0 aromatic rings. The second-order valence-corrected chi connectivity index (χ2v) is 2.88. The topological polar surface area (TPSA) is 66.7 Å². The number of amides is 1. The summed E-state index contributed by atoms with van der Waals surface area (Å²) < 4.78 is 0.518. The Bertz CT molecular complexity index is 269. The molecule has 4 nitrogen and oxygen atoms in total. The minimum absolute atomic E-state index is 0.518. The maximum Gasteiger partial charge on any atom is 0.320 e. The predicted octanol–water partition coefficient (Wildman–Crippen LogP) is 0.577. The van der Waals surface area contributed by atoms with E-state index in [9.17, 15) is 9.59 Å². The van der Waals surface area contributed by atoms with Gasteiger partial charge >= 0.3 is 5.97 Å². The van der Waals surface area contributed by atoms with E-state index in [2.05, 4.69) is 20.9 Å². The number of rotatable bonds is 1. The molecule has 0 saturated heterocycles. The number of carboxylic acids is 1. The highest BCUT2D eigenvalue weighted by molar-refractivity contribution is 9.12. The van der Waals surface area contributed by atoms with Gasteiger partial charge in [-0.25, -0.2) is 4.99 Å². The standard InChI is InChI=1S/C6H4BrNO3/c7-3-1-4(6(10)11)5(9)8-2-3/h1-2,4H,(H,10,11). The number of aliphatic imine (C=N–C) groups is 1. The van der Waals surface area contributed by atoms with Crippen LogP contribution >= 0.6 is 15.9 Å². The number of hydrogen-bond donors (Lipinski definition) is 1. The minimum atomic E-state index is -1.18. The highest BCUT2D eigenvalue weighted by Gasteiger charge is 2.25. The third-order valence-corrected chi connectivity index (χ3v) is 1.64. The highest BCUT2D eigenvalue weighted by atomic mass is 79.9. The molecule has 0 saturated carbocycles. The van der Waals surface area contributed by atoms with Crippen LogP contribution in [0.25, 0.3) is 0 Å². The molecule has 0 spiro atoms. The molecular formula is C6H4BrNO3. The number of aliphatic carboxylic acids is 1. The summed E-state index contributed by atoms with van der Waals surface area (Å²) in [7, 11) is 0. The van der Waals surface area contributed by atoms with Gasteiger partial charge < -0.3 is 5.11 Å². The highest BCUT2D eigenvalue weighted by Crippen LogP contribution is 2.14. The van der Waals surface area contributed by atoms with E-state index in [1.54, 1.807) is 0 Å². The Morgan fingerprint density at radius 1 is 1.73 bits per heavy atom. The van der Waals surface area contributed by atoms with Crippen LogP contribution in [0.2, 0.25) is 0 Å². The van der Waals surface area contributed by atoms with Gasteiger partial charge in [-0.3, -0.25) is 9.59 Å². The third-order valence-electron chi connectivity index (χ3n) is 1.17. The molecule has 0 fully saturated rings. The van der Waals surface area contributed by atoms with Crippen molar-refractivity contribution in [1.82, 2.24) is 0 Å². The monoisotopic (exact) mass is 217 g/mol. The molecule has 0 bridgehead atoms. The van der Waals surface area contributed by atoms with E-state index in [0.717, 1.165) is 0 Å². The number of hydrogen-bond acceptors (Lipinski definition) is 2. The lowest BCUT2D eigenvalue weighted by molar-refractivity contribution is -0.143. The average Bonchev–Trinajstić information content (AvgIpc) is 1.94. The summed E-state index contributed by atoms with van der Waals surface area (Å²) in [5.41, 5.74) is 0. The van der Waals surface area contributed by atoms with Crippen LogP contribution in [-0.2, 0) is 9.59 Å². The minimum Gasteiger partial charge on any atom is -0.480 e. The first kappa shape index (κ1) is 8.13. The molecule has 0 aliphatic carbocycles. The van der Waals surface area contributed by atoms with Crippen LogP contribution in [-0.4, -0.2) is 23.2 Å². The maximum atomic E-state index is 10.7. The van der Waals surface area contributed by atoms with Crippen molar-refractivity contribution in [2.24, 2.45) is 10.9 Å². The Hall–Kier alpha value is -0.970. The van der Waals surface area contributed by atoms with E-state index in [-0.39, 0.29) is 0 Å². The van der Waals surface area contributed by atoms with Crippen molar-refractivity contribution in [3.8, 4) is 0 Å². The number of carbonyl (C=O) groups is 2. The number of carboxylic acid groups (broad SMARTS) is 1. The fourth-order valence-corrected chi connectivity index (χ4v) is 1.02. The van der Waals surface area contributed by atoms with Crippen LogP contribution in [0.1, 0.15) is 0 Å². The molecule has 1 N–H and O–H groups in total. The van der Waals surface area contributed by atoms with Gasteiger partial charge in [-0.05, 0) is 22.0 Å². The summed E-state index contributed by atoms with van der Waals surface area (Å²) in [6, 6.07) is 0. The van der Waals surface area contributed by atoms with Gasteiger partial charge in [0.15, 0.2) is 5.92 Å². The van der Waals surface area contributed by atoms with E-state index in [4.69, 9.17) is 5.11 Å². The van der Waals surface area contributed by atoms with Crippen molar-refractivity contribution in [3.05, 3.63) is 10.6 Å². The van der Waals surface area contributed by atoms with Crippen molar-refractivity contribution >= 4 is 34.0 Å². The Balaban J connectivity index is 2.90. The largest absolute Gasteiger partial charge is 0.480 e. The Morgan fingerprint density at radius 2 is 2.36 bits per heavy atom. The molecule has 1 aliphatic rings. The van der Waals surface area contributed by atoms with E-state index in [0.29, 0.717) is 4.48 Å². The number of carbonyl (C=O) groups excluding carboxylic acids is 1. The number of allylic oxidation sites excluding steroid dienone is 1. The quantitative estimate of drug-likeness (QED) is 0.654. The Morgan fingerprint density at radius 3 is 2.82 bits per heavy atom. The fourth-order valence-electron chi connectivity index (χ4n) is 0.656. The van der Waals surface area contributed by atoms with E-state index >= 15 is 0 Å². The molecule has 1 heterocycles. The van der Waals surface area contributed by atoms with Gasteiger partial charge in [0, 0.05) is 10.7 Å². The van der Waals surface area contributed by atoms with E-state index in [1.807, 2.05) is 0 Å². The van der Waals surface area contributed by atoms with Gasteiger partial charge in [0.2, 0.25) is 0 Å². The molecule has 1 amide bonds. The first-order valence-electron chi connectivity index (χ1n) is 2.79. The molecule has 0 aromatic heterocycles. The van der Waals surface area contributed by atoms with Gasteiger partial charge in [-0.2, -0.15) is 0 Å². The summed E-state index contributed by atoms with van der Waals surface area (Å²) in [5, 5.41) is 8.47. The van der Waals surface area contributed by atoms with E-state index < -0.39 is 17.8 Å². The number of halogens is 1. The lowest BCUT2D eigenvalue weighted by Crippen LogP contribution is -2.22. The predicted molar refractivity (Wildman–Crippen MR) is 41.6 cm³/mol. The lowest BCUT2D eigenvalue weighted by atomic mass is 10.1. The second kappa shape index (κ2) is 2.96. The van der Waals surface area contributed by atoms with Gasteiger partial charge in [-0.1, -0.05) is 0 Å². The van der Waals surface area contributed by atoms with Crippen LogP contribution in [0.3, 0.4) is 0 Å². The van der Waals surface area contributed by atoms with E-state index in [1.165, 1.54) is 12.3 Å². The van der Waals surface area contributed by atoms with Crippen LogP contribution < -0.4 is 0 Å². The number of nitrogens with zero attached hydrogens (tertiary/aromatic N) is 1. The molecule has 0 radical (unpaired) electrons. The zero-order chi connectivity index (χ0) is 8.43. The third kappa shape index (κ3) is 1.74. The summed E-state index contributed by atoms with van der Waals surface area (Å²) in [6.45, 7) is 0. The summed E-state index contributed by atoms with van der Waals surface area (Å²) in [5.74, 6) is -2.95. The zero-order valence-corrected chi connectivity index (χ0v) is 6.91. The molecule has 5 heteroatoms. The summed E-state index contributed by atoms with van der Waals surface area (Å²) in [6.07, 6.45) is 2.58. The molecular weight excluding hydrogens is 214 g/mol. The van der Waals surface area contributed by atoms with Gasteiger partial charge in [0.05, 0.1) is 0 Å². The summed E-state index contributed by atoms with van der Waals surface area (Å²) >= 11 is 3.02. The van der Waals surface area contributed by atoms with Crippen LogP contribution in [0.15, 0.2) is 15.6 Å². The van der Waals surface area contributed by atoms with Gasteiger partial charge in [0.1, 0.15) is 0 Å². The second-order valence-electron chi connectivity index (χ2n) is 1.96. The maximum absolute atomic E-state index is 10.7. The van der Waals surface area contributed by atoms with Crippen molar-refractivity contribution in [2.75, 3.05) is 0 Å². The fraction of sp³-hybridized carbons (Fsp3) is 0.167. The van der Waals surface area contributed by atoms with Crippen LogP contribution in [0.4, 0.5) is 0 Å². The normalized spacial score (nSPS) is 23.2. The smallest absolute Gasteiger partial charge is 0.320 e. The molecule has 11 heavy (non-hydrogen) atoms. The number of dihydropyridines is 1. The zero-order valence-electron chi connectivity index (χ0n) is 5.32. The van der Waals surface area contributed by atoms with Crippen LogP contribution in [0.5, 0.6) is 0 Å². The molecule has 1 atom stereocenters. The SMILES string of the molecule is O=C(O)C1C=C(Br)C=NC1=O. The molecule has 58 valence electrons. The van der Waals surface area contributed by atoms with Gasteiger partial charge in [0.25, 0.3) is 5.91 Å². The first-order valence-corrected chi connectivity index (χ1v) is 3.58. The average molecular weight is 218 g/mol. The van der Waals surface area contributed by atoms with Crippen molar-refractivity contribution < 1.29 is 14.7 Å². The molecule has 1 rings (SSSR count). The van der Waals surface area contributed by atoms with Crippen molar-refractivity contribution in [1.29, 1.82) is 0 Å². The Kier molecular flexibility index (Phi) is 2.19. The van der Waals surface area contributed by atoms with Crippen LogP contribution in [0, 0.1) is 5.92 Å². The molecule has 1 unspecified atom stereocenters. The Labute approximate surface area is 70.7 Å². The van der Waals surface area contributed by atoms with Crippen molar-refractivity contribution in [2.45, 2.75) is 0 Å². The summed E-state index contributed by atoms with van der Waals surface area (Å²) in [4.78, 5) is 24.4.